The lowest BCUT2D eigenvalue weighted by molar-refractivity contribution is 0.310. The maximum Gasteiger partial charge on any atom is 0.116 e. The second kappa shape index (κ2) is 4.08. The Morgan fingerprint density at radius 1 is 1.47 bits per heavy atom. The van der Waals surface area contributed by atoms with Crippen molar-refractivity contribution in [2.24, 2.45) is 0 Å². The quantitative estimate of drug-likeness (QED) is 0.832. The van der Waals surface area contributed by atoms with Crippen LogP contribution in [-0.2, 0) is 6.42 Å². The third-order valence-electron chi connectivity index (χ3n) is 3.88. The Kier molecular flexibility index (Phi) is 2.56. The molecule has 3 heteroatoms. The Labute approximate surface area is 101 Å². The first-order chi connectivity index (χ1) is 8.24. The molecule has 1 aliphatic rings. The maximum atomic E-state index is 9.56. The average Bonchev–Trinajstić information content (AvgIpc) is 2.88. The summed E-state index contributed by atoms with van der Waals surface area (Å²) in [6, 6.07) is 6.17. The van der Waals surface area contributed by atoms with E-state index in [1.807, 2.05) is 12.1 Å². The highest BCUT2D eigenvalue weighted by Crippen LogP contribution is 2.26. The van der Waals surface area contributed by atoms with Crippen molar-refractivity contribution in [2.45, 2.75) is 25.3 Å². The van der Waals surface area contributed by atoms with Gasteiger partial charge in [0, 0.05) is 23.1 Å². The molecule has 1 aliphatic heterocycles. The van der Waals surface area contributed by atoms with Gasteiger partial charge in [0.15, 0.2) is 0 Å². The highest BCUT2D eigenvalue weighted by Gasteiger charge is 2.22. The van der Waals surface area contributed by atoms with E-state index < -0.39 is 0 Å². The molecule has 2 aromatic rings. The molecule has 1 atom stereocenters. The molecule has 2 heterocycles. The van der Waals surface area contributed by atoms with Gasteiger partial charge in [0.05, 0.1) is 0 Å². The molecule has 17 heavy (non-hydrogen) atoms. The molecule has 1 saturated heterocycles. The molecule has 3 nitrogen and oxygen atoms in total. The van der Waals surface area contributed by atoms with Gasteiger partial charge >= 0.3 is 0 Å². The number of likely N-dealkylation sites (N-methyl/N-ethyl adjacent to an activating group) is 1. The van der Waals surface area contributed by atoms with E-state index in [1.165, 1.54) is 24.9 Å². The number of hydrogen-bond acceptors (Lipinski definition) is 2. The van der Waals surface area contributed by atoms with Crippen molar-refractivity contribution in [3.8, 4) is 5.75 Å². The molecule has 3 rings (SSSR count). The summed E-state index contributed by atoms with van der Waals surface area (Å²) >= 11 is 0. The van der Waals surface area contributed by atoms with E-state index in [1.54, 1.807) is 6.07 Å². The summed E-state index contributed by atoms with van der Waals surface area (Å²) in [5, 5.41) is 10.7. The number of nitrogens with zero attached hydrogens (tertiary/aromatic N) is 1. The summed E-state index contributed by atoms with van der Waals surface area (Å²) in [5.74, 6) is 0.345. The fourth-order valence-corrected chi connectivity index (χ4v) is 2.83. The average molecular weight is 230 g/mol. The second-order valence-corrected chi connectivity index (χ2v) is 5.02. The first kappa shape index (κ1) is 10.7. The Morgan fingerprint density at radius 2 is 2.35 bits per heavy atom. The summed E-state index contributed by atoms with van der Waals surface area (Å²) < 4.78 is 0. The Morgan fingerprint density at radius 3 is 3.12 bits per heavy atom. The molecule has 0 bridgehead atoms. The third kappa shape index (κ3) is 1.91. The minimum Gasteiger partial charge on any atom is -0.508 e. The van der Waals surface area contributed by atoms with Gasteiger partial charge in [-0.05, 0) is 56.6 Å². The smallest absolute Gasteiger partial charge is 0.116 e. The molecule has 1 aromatic carbocycles. The minimum absolute atomic E-state index is 0.345. The van der Waals surface area contributed by atoms with E-state index in [0.717, 1.165) is 17.3 Å². The minimum atomic E-state index is 0.345. The number of nitrogens with one attached hydrogen (secondary N) is 1. The number of likely N-dealkylation sites (tertiary alicyclic amines) is 1. The zero-order valence-electron chi connectivity index (χ0n) is 10.1. The predicted octanol–water partition coefficient (Wildman–Crippen LogP) is 2.51. The predicted molar refractivity (Wildman–Crippen MR) is 69.3 cm³/mol. The summed E-state index contributed by atoms with van der Waals surface area (Å²) in [6.45, 7) is 1.21. The number of aromatic amines is 1. The number of aromatic hydroxyl groups is 1. The van der Waals surface area contributed by atoms with Crippen molar-refractivity contribution in [1.29, 1.82) is 0 Å². The number of hydrogen-bond donors (Lipinski definition) is 2. The maximum absolute atomic E-state index is 9.56. The molecule has 0 unspecified atom stereocenters. The van der Waals surface area contributed by atoms with E-state index in [2.05, 4.69) is 23.1 Å². The van der Waals surface area contributed by atoms with Crippen LogP contribution in [0, 0.1) is 0 Å². The topological polar surface area (TPSA) is 39.3 Å². The van der Waals surface area contributed by atoms with E-state index >= 15 is 0 Å². The van der Waals surface area contributed by atoms with Gasteiger partial charge in [-0.25, -0.2) is 0 Å². The van der Waals surface area contributed by atoms with Crippen molar-refractivity contribution >= 4 is 10.9 Å². The number of phenolic OH excluding ortho intramolecular Hbond substituents is 1. The molecule has 0 amide bonds. The van der Waals surface area contributed by atoms with Crippen LogP contribution in [0.15, 0.2) is 24.4 Å². The van der Waals surface area contributed by atoms with Crippen LogP contribution in [0.3, 0.4) is 0 Å². The number of aromatic nitrogens is 1. The van der Waals surface area contributed by atoms with Gasteiger partial charge in [0.2, 0.25) is 0 Å². The molecular weight excluding hydrogens is 212 g/mol. The summed E-state index contributed by atoms with van der Waals surface area (Å²) in [7, 11) is 2.20. The SMILES string of the molecule is CN1CCC[C@@H]1Cc1c[nH]c2ccc(O)cc12. The zero-order chi connectivity index (χ0) is 11.8. The van der Waals surface area contributed by atoms with Gasteiger partial charge < -0.3 is 15.0 Å². The van der Waals surface area contributed by atoms with Gasteiger partial charge in [-0.2, -0.15) is 0 Å². The number of benzene rings is 1. The van der Waals surface area contributed by atoms with Crippen LogP contribution < -0.4 is 0 Å². The standard InChI is InChI=1S/C14H18N2O/c1-16-6-2-3-11(16)7-10-9-15-14-5-4-12(17)8-13(10)14/h4-5,8-9,11,15,17H,2-3,6-7H2,1H3/t11-/m1/s1. The first-order valence-electron chi connectivity index (χ1n) is 6.23. The molecule has 0 radical (unpaired) electrons. The lowest BCUT2D eigenvalue weighted by atomic mass is 10.0. The van der Waals surface area contributed by atoms with E-state index in [9.17, 15) is 5.11 Å². The van der Waals surface area contributed by atoms with Crippen LogP contribution in [-0.4, -0.2) is 34.6 Å². The second-order valence-electron chi connectivity index (χ2n) is 5.02. The Balaban J connectivity index is 1.92. The molecule has 1 fully saturated rings. The zero-order valence-corrected chi connectivity index (χ0v) is 10.1. The van der Waals surface area contributed by atoms with Crippen molar-refractivity contribution in [3.63, 3.8) is 0 Å². The van der Waals surface area contributed by atoms with E-state index in [4.69, 9.17) is 0 Å². The molecule has 0 spiro atoms. The van der Waals surface area contributed by atoms with Crippen molar-refractivity contribution < 1.29 is 5.11 Å². The highest BCUT2D eigenvalue weighted by atomic mass is 16.3. The summed E-state index contributed by atoms with van der Waals surface area (Å²) in [4.78, 5) is 5.71. The molecule has 0 aliphatic carbocycles. The Bertz CT molecular complexity index is 532. The van der Waals surface area contributed by atoms with Crippen molar-refractivity contribution in [2.75, 3.05) is 13.6 Å². The third-order valence-corrected chi connectivity index (χ3v) is 3.88. The molecular formula is C14H18N2O. The molecule has 0 saturated carbocycles. The lowest BCUT2D eigenvalue weighted by Crippen LogP contribution is -2.26. The van der Waals surface area contributed by atoms with Crippen molar-refractivity contribution in [1.82, 2.24) is 9.88 Å². The largest absolute Gasteiger partial charge is 0.508 e. The van der Waals surface area contributed by atoms with Gasteiger partial charge in [0.1, 0.15) is 5.75 Å². The van der Waals surface area contributed by atoms with Crippen LogP contribution in [0.4, 0.5) is 0 Å². The molecule has 2 N–H and O–H groups in total. The van der Waals surface area contributed by atoms with Gasteiger partial charge in [0.25, 0.3) is 0 Å². The summed E-state index contributed by atoms with van der Waals surface area (Å²) in [6.07, 6.45) is 5.73. The van der Waals surface area contributed by atoms with E-state index in [0.29, 0.717) is 11.8 Å². The van der Waals surface area contributed by atoms with Gasteiger partial charge in [-0.1, -0.05) is 0 Å². The van der Waals surface area contributed by atoms with E-state index in [-0.39, 0.29) is 0 Å². The number of phenols is 1. The van der Waals surface area contributed by atoms with Gasteiger partial charge in [-0.15, -0.1) is 0 Å². The van der Waals surface area contributed by atoms with Crippen LogP contribution in [0.25, 0.3) is 10.9 Å². The van der Waals surface area contributed by atoms with Gasteiger partial charge in [-0.3, -0.25) is 0 Å². The van der Waals surface area contributed by atoms with Crippen LogP contribution in [0.5, 0.6) is 5.75 Å². The highest BCUT2D eigenvalue weighted by molar-refractivity contribution is 5.84. The van der Waals surface area contributed by atoms with Crippen molar-refractivity contribution in [3.05, 3.63) is 30.0 Å². The first-order valence-corrected chi connectivity index (χ1v) is 6.23. The lowest BCUT2D eigenvalue weighted by Gasteiger charge is -2.18. The number of rotatable bonds is 2. The summed E-state index contributed by atoms with van der Waals surface area (Å²) in [5.41, 5.74) is 2.42. The molecule has 1 aromatic heterocycles. The van der Waals surface area contributed by atoms with Crippen LogP contribution in [0.2, 0.25) is 0 Å². The van der Waals surface area contributed by atoms with Crippen LogP contribution >= 0.6 is 0 Å². The number of fused-ring (bicyclic) bond motifs is 1. The molecule has 90 valence electrons. The van der Waals surface area contributed by atoms with Crippen LogP contribution in [0.1, 0.15) is 18.4 Å². The fraction of sp³-hybridized carbons (Fsp3) is 0.429. The fourth-order valence-electron chi connectivity index (χ4n) is 2.83. The monoisotopic (exact) mass is 230 g/mol. The Hall–Kier alpha value is -1.48. The normalized spacial score (nSPS) is 21.4. The number of H-pyrrole nitrogens is 1.